The fourth-order valence-electron chi connectivity index (χ4n) is 2.04. The van der Waals surface area contributed by atoms with Crippen molar-refractivity contribution in [1.29, 1.82) is 0 Å². The van der Waals surface area contributed by atoms with Crippen molar-refractivity contribution >= 4 is 12.1 Å². The van der Waals surface area contributed by atoms with Gasteiger partial charge in [-0.15, -0.1) is 0 Å². The molecule has 1 aromatic rings. The van der Waals surface area contributed by atoms with Gasteiger partial charge in [-0.05, 0) is 39.3 Å². The molecule has 0 bridgehead atoms. The van der Waals surface area contributed by atoms with Gasteiger partial charge >= 0.3 is 12.1 Å². The number of para-hydroxylation sites is 1. The molecule has 0 saturated heterocycles. The van der Waals surface area contributed by atoms with Crippen LogP contribution in [0.25, 0.3) is 0 Å². The van der Waals surface area contributed by atoms with Crippen molar-refractivity contribution in [1.82, 2.24) is 5.32 Å². The van der Waals surface area contributed by atoms with Gasteiger partial charge < -0.3 is 24.6 Å². The molecule has 2 N–H and O–H groups in total. The molecule has 7 nitrogen and oxygen atoms in total. The number of hydrogen-bond acceptors (Lipinski definition) is 5. The zero-order chi connectivity index (χ0) is 18.9. The summed E-state index contributed by atoms with van der Waals surface area (Å²) in [6, 6.07) is 6.00. The van der Waals surface area contributed by atoms with Crippen molar-refractivity contribution in [3.8, 4) is 5.75 Å². The molecule has 0 radical (unpaired) electrons. The predicted molar refractivity (Wildman–Crippen MR) is 92.9 cm³/mol. The Morgan fingerprint density at radius 2 is 1.88 bits per heavy atom. The van der Waals surface area contributed by atoms with Gasteiger partial charge in [-0.1, -0.05) is 18.2 Å². The largest absolute Gasteiger partial charge is 0.491 e. The number of nitrogens with one attached hydrogen (secondary N) is 1. The SMILES string of the molecule is CCOCCOc1ccccc1CC(NC(=O)OC(C)(C)C)C(=O)O. The van der Waals surface area contributed by atoms with Crippen molar-refractivity contribution in [2.75, 3.05) is 19.8 Å². The van der Waals surface area contributed by atoms with E-state index < -0.39 is 23.7 Å². The Morgan fingerprint density at radius 1 is 1.20 bits per heavy atom. The molecule has 1 amide bonds. The van der Waals surface area contributed by atoms with E-state index in [1.807, 2.05) is 6.92 Å². The highest BCUT2D eigenvalue weighted by molar-refractivity contribution is 5.80. The van der Waals surface area contributed by atoms with E-state index in [2.05, 4.69) is 5.32 Å². The van der Waals surface area contributed by atoms with Gasteiger partial charge in [0.1, 0.15) is 24.0 Å². The first kappa shape index (κ1) is 20.8. The number of carboxylic acid groups (broad SMARTS) is 1. The third-order valence-electron chi connectivity index (χ3n) is 3.08. The highest BCUT2D eigenvalue weighted by Crippen LogP contribution is 2.20. The van der Waals surface area contributed by atoms with E-state index in [0.29, 0.717) is 31.1 Å². The van der Waals surface area contributed by atoms with Crippen molar-refractivity contribution in [3.05, 3.63) is 29.8 Å². The number of carbonyl (C=O) groups excluding carboxylic acids is 1. The van der Waals surface area contributed by atoms with Gasteiger partial charge in [-0.2, -0.15) is 0 Å². The lowest BCUT2D eigenvalue weighted by atomic mass is 10.1. The number of carbonyl (C=O) groups is 2. The van der Waals surface area contributed by atoms with Crippen molar-refractivity contribution < 1.29 is 28.9 Å². The van der Waals surface area contributed by atoms with Gasteiger partial charge in [0.2, 0.25) is 0 Å². The molecule has 0 saturated carbocycles. The summed E-state index contributed by atoms with van der Waals surface area (Å²) in [6.45, 7) is 8.45. The Kier molecular flexibility index (Phi) is 8.21. The number of aliphatic carboxylic acids is 1. The summed E-state index contributed by atoms with van der Waals surface area (Å²) < 4.78 is 16.0. The van der Waals surface area contributed by atoms with Gasteiger partial charge in [0.25, 0.3) is 0 Å². The Labute approximate surface area is 148 Å². The molecule has 0 fully saturated rings. The molecule has 0 aliphatic rings. The van der Waals surface area contributed by atoms with Crippen LogP contribution in [0.3, 0.4) is 0 Å². The maximum atomic E-state index is 11.8. The van der Waals surface area contributed by atoms with Crippen molar-refractivity contribution in [2.45, 2.75) is 45.8 Å². The molecule has 0 aromatic heterocycles. The van der Waals surface area contributed by atoms with Gasteiger partial charge in [0.05, 0.1) is 6.61 Å². The molecule has 140 valence electrons. The molecule has 25 heavy (non-hydrogen) atoms. The van der Waals surface area contributed by atoms with Crippen LogP contribution in [0.2, 0.25) is 0 Å². The summed E-state index contributed by atoms with van der Waals surface area (Å²) in [5.41, 5.74) is -0.0181. The molecule has 1 atom stereocenters. The number of alkyl carbamates (subject to hydrolysis) is 1. The fourth-order valence-corrected chi connectivity index (χ4v) is 2.04. The number of hydrogen-bond donors (Lipinski definition) is 2. The summed E-state index contributed by atoms with van der Waals surface area (Å²) >= 11 is 0. The molecular weight excluding hydrogens is 326 g/mol. The first-order chi connectivity index (χ1) is 11.7. The first-order valence-corrected chi connectivity index (χ1v) is 8.23. The first-order valence-electron chi connectivity index (χ1n) is 8.23. The van der Waals surface area contributed by atoms with E-state index in [9.17, 15) is 14.7 Å². The van der Waals surface area contributed by atoms with Crippen LogP contribution in [0.4, 0.5) is 4.79 Å². The van der Waals surface area contributed by atoms with E-state index >= 15 is 0 Å². The van der Waals surface area contributed by atoms with Crippen LogP contribution in [-0.4, -0.2) is 48.6 Å². The molecule has 1 aromatic carbocycles. The van der Waals surface area contributed by atoms with Crippen LogP contribution in [0.5, 0.6) is 5.75 Å². The average Bonchev–Trinajstić information content (AvgIpc) is 2.50. The van der Waals surface area contributed by atoms with Crippen LogP contribution in [0.15, 0.2) is 24.3 Å². The number of benzene rings is 1. The monoisotopic (exact) mass is 353 g/mol. The summed E-state index contributed by atoms with van der Waals surface area (Å²) in [5.74, 6) is -0.575. The van der Waals surface area contributed by atoms with Gasteiger partial charge in [-0.25, -0.2) is 9.59 Å². The van der Waals surface area contributed by atoms with Crippen LogP contribution >= 0.6 is 0 Å². The highest BCUT2D eigenvalue weighted by atomic mass is 16.6. The van der Waals surface area contributed by atoms with Crippen molar-refractivity contribution in [3.63, 3.8) is 0 Å². The van der Waals surface area contributed by atoms with Crippen LogP contribution in [0, 0.1) is 0 Å². The van der Waals surface area contributed by atoms with E-state index in [1.165, 1.54) is 0 Å². The van der Waals surface area contributed by atoms with Gasteiger partial charge in [0.15, 0.2) is 0 Å². The predicted octanol–water partition coefficient (Wildman–Crippen LogP) is 2.62. The third kappa shape index (κ3) is 8.39. The lowest BCUT2D eigenvalue weighted by Gasteiger charge is -2.22. The number of ether oxygens (including phenoxy) is 3. The molecule has 0 aliphatic carbocycles. The highest BCUT2D eigenvalue weighted by Gasteiger charge is 2.25. The minimum absolute atomic E-state index is 0.0827. The fraction of sp³-hybridized carbons (Fsp3) is 0.556. The quantitative estimate of drug-likeness (QED) is 0.663. The normalized spacial score (nSPS) is 12.3. The van der Waals surface area contributed by atoms with Crippen LogP contribution in [-0.2, 0) is 20.7 Å². The van der Waals surface area contributed by atoms with E-state index in [4.69, 9.17) is 14.2 Å². The Hall–Kier alpha value is -2.28. The minimum atomic E-state index is -1.14. The van der Waals surface area contributed by atoms with E-state index in [0.717, 1.165) is 0 Å². The smallest absolute Gasteiger partial charge is 0.408 e. The number of carboxylic acids is 1. The Morgan fingerprint density at radius 3 is 2.48 bits per heavy atom. The summed E-state index contributed by atoms with van der Waals surface area (Å²) in [7, 11) is 0. The molecule has 1 unspecified atom stereocenters. The van der Waals surface area contributed by atoms with E-state index in [1.54, 1.807) is 45.0 Å². The molecule has 7 heteroatoms. The zero-order valence-corrected chi connectivity index (χ0v) is 15.2. The maximum absolute atomic E-state index is 11.8. The standard InChI is InChI=1S/C18H27NO6/c1-5-23-10-11-24-15-9-7-6-8-13(15)12-14(16(20)21)19-17(22)25-18(2,3)4/h6-9,14H,5,10-12H2,1-4H3,(H,19,22)(H,20,21). The number of rotatable bonds is 9. The molecule has 0 spiro atoms. The Bertz CT molecular complexity index is 567. The lowest BCUT2D eigenvalue weighted by Crippen LogP contribution is -2.44. The maximum Gasteiger partial charge on any atom is 0.408 e. The second-order valence-electron chi connectivity index (χ2n) is 6.39. The van der Waals surface area contributed by atoms with Gasteiger partial charge in [0, 0.05) is 13.0 Å². The molecule has 0 heterocycles. The third-order valence-corrected chi connectivity index (χ3v) is 3.08. The minimum Gasteiger partial charge on any atom is -0.491 e. The van der Waals surface area contributed by atoms with Gasteiger partial charge in [-0.3, -0.25) is 0 Å². The van der Waals surface area contributed by atoms with Crippen molar-refractivity contribution in [2.24, 2.45) is 0 Å². The van der Waals surface area contributed by atoms with E-state index in [-0.39, 0.29) is 6.42 Å². The zero-order valence-electron chi connectivity index (χ0n) is 15.2. The second kappa shape index (κ2) is 9.88. The van der Waals surface area contributed by atoms with Crippen LogP contribution in [0.1, 0.15) is 33.3 Å². The molecular formula is C18H27NO6. The Balaban J connectivity index is 2.75. The molecule has 1 rings (SSSR count). The van der Waals surface area contributed by atoms with Crippen LogP contribution < -0.4 is 10.1 Å². The lowest BCUT2D eigenvalue weighted by molar-refractivity contribution is -0.139. The summed E-state index contributed by atoms with van der Waals surface area (Å²) in [5, 5.41) is 11.8. The topological polar surface area (TPSA) is 94.1 Å². The molecule has 0 aliphatic heterocycles. The average molecular weight is 353 g/mol. The summed E-state index contributed by atoms with van der Waals surface area (Å²) in [4.78, 5) is 23.3. The summed E-state index contributed by atoms with van der Waals surface area (Å²) in [6.07, 6.45) is -0.686. The second-order valence-corrected chi connectivity index (χ2v) is 6.39. The number of amides is 1.